The summed E-state index contributed by atoms with van der Waals surface area (Å²) < 4.78 is 1.65. The highest BCUT2D eigenvalue weighted by molar-refractivity contribution is 6.08. The van der Waals surface area contributed by atoms with E-state index in [4.69, 9.17) is 0 Å². The highest BCUT2D eigenvalue weighted by Gasteiger charge is 2.12. The molecule has 1 aromatic heterocycles. The lowest BCUT2D eigenvalue weighted by molar-refractivity contribution is 0.102. The molecule has 0 radical (unpaired) electrons. The van der Waals surface area contributed by atoms with Gasteiger partial charge in [0.1, 0.15) is 0 Å². The van der Waals surface area contributed by atoms with Gasteiger partial charge in [-0.05, 0) is 26.0 Å². The smallest absolute Gasteiger partial charge is 0.257 e. The van der Waals surface area contributed by atoms with E-state index in [1.807, 2.05) is 39.1 Å². The summed E-state index contributed by atoms with van der Waals surface area (Å²) in [7, 11) is 1.81. The number of aromatic nitrogens is 2. The van der Waals surface area contributed by atoms with E-state index >= 15 is 0 Å². The van der Waals surface area contributed by atoms with E-state index in [9.17, 15) is 4.79 Å². The molecule has 100 valence electrons. The van der Waals surface area contributed by atoms with Gasteiger partial charge in [-0.25, -0.2) is 0 Å². The van der Waals surface area contributed by atoms with E-state index in [1.165, 1.54) is 0 Å². The molecule has 0 aliphatic rings. The summed E-state index contributed by atoms with van der Waals surface area (Å²) in [5.41, 5.74) is 3.23. The number of benzene rings is 1. The number of hydrogen-bond donors (Lipinski definition) is 2. The van der Waals surface area contributed by atoms with E-state index < -0.39 is 0 Å². The maximum absolute atomic E-state index is 12.3. The molecule has 1 amide bonds. The Balaban J connectivity index is 2.24. The van der Waals surface area contributed by atoms with Crippen molar-refractivity contribution in [1.82, 2.24) is 9.78 Å². The predicted molar refractivity (Wildman–Crippen MR) is 76.5 cm³/mol. The number of nitrogens with zero attached hydrogens (tertiary/aromatic N) is 2. The second-order valence-electron chi connectivity index (χ2n) is 4.44. The summed E-state index contributed by atoms with van der Waals surface area (Å²) in [6.07, 6.45) is 3.39. The van der Waals surface area contributed by atoms with Crippen LogP contribution in [0.2, 0.25) is 0 Å². The van der Waals surface area contributed by atoms with Crippen LogP contribution < -0.4 is 10.6 Å². The normalized spacial score (nSPS) is 10.3. The first-order chi connectivity index (χ1) is 9.10. The molecule has 1 heterocycles. The summed E-state index contributed by atoms with van der Waals surface area (Å²) in [5, 5.41) is 10.1. The van der Waals surface area contributed by atoms with E-state index in [0.29, 0.717) is 11.3 Å². The van der Waals surface area contributed by atoms with Crippen molar-refractivity contribution >= 4 is 17.3 Å². The van der Waals surface area contributed by atoms with Crippen LogP contribution in [0.5, 0.6) is 0 Å². The van der Waals surface area contributed by atoms with Crippen LogP contribution in [0.4, 0.5) is 11.4 Å². The lowest BCUT2D eigenvalue weighted by Gasteiger charge is -2.11. The SMILES string of the molecule is CCNc1ccc(C)cc1C(=O)Nc1cnn(C)c1. The third kappa shape index (κ3) is 3.13. The Morgan fingerprint density at radius 1 is 1.42 bits per heavy atom. The first kappa shape index (κ1) is 13.1. The monoisotopic (exact) mass is 258 g/mol. The topological polar surface area (TPSA) is 59.0 Å². The number of rotatable bonds is 4. The largest absolute Gasteiger partial charge is 0.385 e. The minimum Gasteiger partial charge on any atom is -0.385 e. The Morgan fingerprint density at radius 3 is 2.84 bits per heavy atom. The van der Waals surface area contributed by atoms with Crippen molar-refractivity contribution in [2.45, 2.75) is 13.8 Å². The fraction of sp³-hybridized carbons (Fsp3) is 0.286. The summed E-state index contributed by atoms with van der Waals surface area (Å²) in [5.74, 6) is -0.132. The molecule has 0 saturated carbocycles. The molecule has 0 aliphatic carbocycles. The summed E-state index contributed by atoms with van der Waals surface area (Å²) in [4.78, 5) is 12.3. The van der Waals surface area contributed by atoms with Crippen molar-refractivity contribution in [3.05, 3.63) is 41.7 Å². The van der Waals surface area contributed by atoms with Crippen LogP contribution in [0.3, 0.4) is 0 Å². The van der Waals surface area contributed by atoms with Gasteiger partial charge in [0.2, 0.25) is 0 Å². The van der Waals surface area contributed by atoms with Crippen LogP contribution in [-0.2, 0) is 7.05 Å². The zero-order valence-corrected chi connectivity index (χ0v) is 11.4. The number of aryl methyl sites for hydroxylation is 2. The molecule has 5 heteroatoms. The zero-order valence-electron chi connectivity index (χ0n) is 11.4. The first-order valence-corrected chi connectivity index (χ1v) is 6.24. The number of carbonyl (C=O) groups is 1. The highest BCUT2D eigenvalue weighted by atomic mass is 16.1. The average molecular weight is 258 g/mol. The maximum atomic E-state index is 12.3. The molecule has 0 spiro atoms. The molecular formula is C14H18N4O. The van der Waals surface area contributed by atoms with Crippen molar-refractivity contribution in [3.8, 4) is 0 Å². The molecule has 0 atom stereocenters. The summed E-state index contributed by atoms with van der Waals surface area (Å²) in [6.45, 7) is 4.75. The molecule has 2 N–H and O–H groups in total. The summed E-state index contributed by atoms with van der Waals surface area (Å²) in [6, 6.07) is 5.79. The van der Waals surface area contributed by atoms with Crippen LogP contribution in [0.1, 0.15) is 22.8 Å². The van der Waals surface area contributed by atoms with Crippen LogP contribution in [0, 0.1) is 6.92 Å². The lowest BCUT2D eigenvalue weighted by atomic mass is 10.1. The van der Waals surface area contributed by atoms with Gasteiger partial charge in [0.05, 0.1) is 17.4 Å². The van der Waals surface area contributed by atoms with Crippen LogP contribution in [0.15, 0.2) is 30.6 Å². The maximum Gasteiger partial charge on any atom is 0.257 e. The number of hydrogen-bond acceptors (Lipinski definition) is 3. The van der Waals surface area contributed by atoms with Gasteiger partial charge in [-0.3, -0.25) is 9.48 Å². The Morgan fingerprint density at radius 2 is 2.21 bits per heavy atom. The fourth-order valence-corrected chi connectivity index (χ4v) is 1.87. The molecule has 1 aromatic carbocycles. The van der Waals surface area contributed by atoms with Gasteiger partial charge in [0.15, 0.2) is 0 Å². The molecule has 2 aromatic rings. The molecular weight excluding hydrogens is 240 g/mol. The summed E-state index contributed by atoms with van der Waals surface area (Å²) >= 11 is 0. The van der Waals surface area contributed by atoms with Crippen LogP contribution >= 0.6 is 0 Å². The molecule has 0 saturated heterocycles. The Bertz CT molecular complexity index is 589. The number of carbonyl (C=O) groups excluding carboxylic acids is 1. The van der Waals surface area contributed by atoms with Crippen molar-refractivity contribution in [1.29, 1.82) is 0 Å². The Labute approximate surface area is 112 Å². The van der Waals surface area contributed by atoms with Crippen LogP contribution in [-0.4, -0.2) is 22.2 Å². The highest BCUT2D eigenvalue weighted by Crippen LogP contribution is 2.19. The molecule has 0 unspecified atom stereocenters. The van der Waals surface area contributed by atoms with Crippen molar-refractivity contribution < 1.29 is 4.79 Å². The van der Waals surface area contributed by atoms with Gasteiger partial charge in [-0.15, -0.1) is 0 Å². The Kier molecular flexibility index (Phi) is 3.85. The van der Waals surface area contributed by atoms with Gasteiger partial charge < -0.3 is 10.6 Å². The average Bonchev–Trinajstić information content (AvgIpc) is 2.77. The van der Waals surface area contributed by atoms with Crippen molar-refractivity contribution in [2.24, 2.45) is 7.05 Å². The minimum atomic E-state index is -0.132. The molecule has 19 heavy (non-hydrogen) atoms. The first-order valence-electron chi connectivity index (χ1n) is 6.24. The van der Waals surface area contributed by atoms with E-state index in [1.54, 1.807) is 17.1 Å². The zero-order chi connectivity index (χ0) is 13.8. The second kappa shape index (κ2) is 5.56. The Hall–Kier alpha value is -2.30. The second-order valence-corrected chi connectivity index (χ2v) is 4.44. The van der Waals surface area contributed by atoms with Gasteiger partial charge >= 0.3 is 0 Å². The third-order valence-corrected chi connectivity index (χ3v) is 2.75. The predicted octanol–water partition coefficient (Wildman–Crippen LogP) is 2.41. The quantitative estimate of drug-likeness (QED) is 0.885. The van der Waals surface area contributed by atoms with Gasteiger partial charge in [0, 0.05) is 25.5 Å². The lowest BCUT2D eigenvalue weighted by Crippen LogP contribution is -2.14. The molecule has 0 fully saturated rings. The van der Waals surface area contributed by atoms with Crippen LogP contribution in [0.25, 0.3) is 0 Å². The molecule has 0 aliphatic heterocycles. The third-order valence-electron chi connectivity index (χ3n) is 2.75. The van der Waals surface area contributed by atoms with E-state index in [-0.39, 0.29) is 5.91 Å². The van der Waals surface area contributed by atoms with Gasteiger partial charge in [0.25, 0.3) is 5.91 Å². The van der Waals surface area contributed by atoms with Crippen molar-refractivity contribution in [3.63, 3.8) is 0 Å². The number of anilines is 2. The fourth-order valence-electron chi connectivity index (χ4n) is 1.87. The van der Waals surface area contributed by atoms with E-state index in [2.05, 4.69) is 15.7 Å². The molecule has 2 rings (SSSR count). The molecule has 5 nitrogen and oxygen atoms in total. The van der Waals surface area contributed by atoms with Crippen molar-refractivity contribution in [2.75, 3.05) is 17.2 Å². The van der Waals surface area contributed by atoms with Gasteiger partial charge in [-0.1, -0.05) is 11.6 Å². The number of nitrogens with one attached hydrogen (secondary N) is 2. The minimum absolute atomic E-state index is 0.132. The molecule has 0 bridgehead atoms. The van der Waals surface area contributed by atoms with Gasteiger partial charge in [-0.2, -0.15) is 5.10 Å². The number of amides is 1. The standard InChI is InChI=1S/C14H18N4O/c1-4-15-13-6-5-10(2)7-12(13)14(19)17-11-8-16-18(3)9-11/h5-9,15H,4H2,1-3H3,(H,17,19). The van der Waals surface area contributed by atoms with E-state index in [0.717, 1.165) is 17.8 Å².